The molecule has 0 fully saturated rings. The summed E-state index contributed by atoms with van der Waals surface area (Å²) in [6.45, 7) is 23.0. The largest absolute Gasteiger partial charge is 0.297 e. The lowest BCUT2D eigenvalue weighted by molar-refractivity contribution is -0.0869. The Morgan fingerprint density at radius 3 is 2.07 bits per heavy atom. The highest BCUT2D eigenvalue weighted by Crippen LogP contribution is 2.29. The molecule has 0 saturated carbocycles. The number of hydrazine groups is 2. The number of nitrogens with zero attached hydrogens (tertiary/aromatic N) is 1. The first-order valence-corrected chi connectivity index (χ1v) is 11.8. The molecule has 0 bridgehead atoms. The third kappa shape index (κ3) is 9.74. The van der Waals surface area contributed by atoms with E-state index in [4.69, 9.17) is 0 Å². The van der Waals surface area contributed by atoms with Crippen molar-refractivity contribution in [2.75, 3.05) is 13.1 Å². The monoisotopic (exact) mass is 384 g/mol. The molecule has 164 valence electrons. The van der Waals surface area contributed by atoms with Crippen LogP contribution in [-0.2, 0) is 0 Å². The second kappa shape index (κ2) is 14.8. The maximum absolute atomic E-state index is 3.88. The topological polar surface area (TPSA) is 39.3 Å². The van der Waals surface area contributed by atoms with E-state index in [1.165, 1.54) is 38.5 Å². The quantitative estimate of drug-likeness (QED) is 0.222. The van der Waals surface area contributed by atoms with Gasteiger partial charge >= 0.3 is 0 Å². The second-order valence-corrected chi connectivity index (χ2v) is 9.01. The standard InChI is InChI=1S/C23H52N4/c1-10-14-16-21(7)26-27(25-18-19(5)15-11-2)23(9,24-17-12-3)22(8)20(6)13-4/h19-22,24-26H,10-18H2,1-9H3. The maximum atomic E-state index is 3.88. The van der Waals surface area contributed by atoms with Crippen LogP contribution in [0.1, 0.15) is 107 Å². The third-order valence-electron chi connectivity index (χ3n) is 6.30. The summed E-state index contributed by atoms with van der Waals surface area (Å²) in [5.41, 5.74) is 7.47. The van der Waals surface area contributed by atoms with Gasteiger partial charge in [0.2, 0.25) is 0 Å². The van der Waals surface area contributed by atoms with Crippen LogP contribution in [0.5, 0.6) is 0 Å². The molecule has 4 heteroatoms. The molecular formula is C23H52N4. The summed E-state index contributed by atoms with van der Waals surface area (Å²) in [6, 6.07) is 0.464. The van der Waals surface area contributed by atoms with Gasteiger partial charge in [-0.2, -0.15) is 5.12 Å². The van der Waals surface area contributed by atoms with Crippen LogP contribution in [0.4, 0.5) is 0 Å². The summed E-state index contributed by atoms with van der Waals surface area (Å²) in [4.78, 5) is 0. The molecule has 3 N–H and O–H groups in total. The molecule has 27 heavy (non-hydrogen) atoms. The van der Waals surface area contributed by atoms with Crippen molar-refractivity contribution in [1.82, 2.24) is 21.3 Å². The highest BCUT2D eigenvalue weighted by atomic mass is 15.8. The first-order valence-electron chi connectivity index (χ1n) is 11.8. The Morgan fingerprint density at radius 1 is 0.889 bits per heavy atom. The lowest BCUT2D eigenvalue weighted by atomic mass is 9.83. The van der Waals surface area contributed by atoms with Crippen molar-refractivity contribution in [1.29, 1.82) is 0 Å². The van der Waals surface area contributed by atoms with Crippen LogP contribution >= 0.6 is 0 Å². The molecule has 0 radical (unpaired) electrons. The molecule has 0 aliphatic rings. The van der Waals surface area contributed by atoms with E-state index < -0.39 is 0 Å². The van der Waals surface area contributed by atoms with Gasteiger partial charge in [-0.3, -0.25) is 5.32 Å². The van der Waals surface area contributed by atoms with Crippen molar-refractivity contribution in [3.63, 3.8) is 0 Å². The van der Waals surface area contributed by atoms with Gasteiger partial charge in [0.25, 0.3) is 0 Å². The number of hydrogen-bond acceptors (Lipinski definition) is 4. The van der Waals surface area contributed by atoms with E-state index in [-0.39, 0.29) is 5.66 Å². The Kier molecular flexibility index (Phi) is 14.7. The van der Waals surface area contributed by atoms with Gasteiger partial charge < -0.3 is 0 Å². The fourth-order valence-electron chi connectivity index (χ4n) is 3.71. The molecule has 0 amide bonds. The molecule has 5 atom stereocenters. The highest BCUT2D eigenvalue weighted by molar-refractivity contribution is 4.88. The molecule has 4 nitrogen and oxygen atoms in total. The van der Waals surface area contributed by atoms with Gasteiger partial charge in [-0.05, 0) is 57.4 Å². The second-order valence-electron chi connectivity index (χ2n) is 9.01. The van der Waals surface area contributed by atoms with Crippen molar-refractivity contribution in [3.05, 3.63) is 0 Å². The molecule has 0 aliphatic heterocycles. The van der Waals surface area contributed by atoms with E-state index in [1.807, 2.05) is 0 Å². The Balaban J connectivity index is 5.44. The number of rotatable bonds is 17. The van der Waals surface area contributed by atoms with E-state index in [1.54, 1.807) is 0 Å². The number of nitrogens with one attached hydrogen (secondary N) is 3. The van der Waals surface area contributed by atoms with Gasteiger partial charge in [0.1, 0.15) is 5.66 Å². The lowest BCUT2D eigenvalue weighted by Gasteiger charge is -2.49. The highest BCUT2D eigenvalue weighted by Gasteiger charge is 2.40. The van der Waals surface area contributed by atoms with E-state index >= 15 is 0 Å². The Morgan fingerprint density at radius 2 is 1.56 bits per heavy atom. The van der Waals surface area contributed by atoms with Gasteiger partial charge in [0.05, 0.1) is 0 Å². The van der Waals surface area contributed by atoms with Crippen LogP contribution in [0, 0.1) is 17.8 Å². The summed E-state index contributed by atoms with van der Waals surface area (Å²) < 4.78 is 0. The Hall–Kier alpha value is -0.160. The van der Waals surface area contributed by atoms with Gasteiger partial charge in [-0.1, -0.05) is 74.1 Å². The molecule has 0 aromatic rings. The summed E-state index contributed by atoms with van der Waals surface area (Å²) in [5.74, 6) is 1.86. The zero-order valence-corrected chi connectivity index (χ0v) is 20.1. The van der Waals surface area contributed by atoms with Gasteiger partial charge in [-0.25, -0.2) is 10.9 Å². The third-order valence-corrected chi connectivity index (χ3v) is 6.30. The summed E-state index contributed by atoms with van der Waals surface area (Å²) in [7, 11) is 0. The van der Waals surface area contributed by atoms with Crippen molar-refractivity contribution >= 4 is 0 Å². The van der Waals surface area contributed by atoms with Gasteiger partial charge in [0.15, 0.2) is 0 Å². The normalized spacial score (nSPS) is 18.9. The molecule has 0 aromatic carbocycles. The summed E-state index contributed by atoms with van der Waals surface area (Å²) >= 11 is 0. The van der Waals surface area contributed by atoms with Crippen molar-refractivity contribution in [2.24, 2.45) is 17.8 Å². The van der Waals surface area contributed by atoms with E-state index in [0.717, 1.165) is 19.5 Å². The minimum atomic E-state index is -0.127. The van der Waals surface area contributed by atoms with Crippen LogP contribution < -0.4 is 16.2 Å². The first kappa shape index (κ1) is 26.8. The predicted octanol–water partition coefficient (Wildman–Crippen LogP) is 5.71. The molecule has 5 unspecified atom stereocenters. The van der Waals surface area contributed by atoms with Crippen LogP contribution in [0.25, 0.3) is 0 Å². The van der Waals surface area contributed by atoms with E-state index in [9.17, 15) is 0 Å². The van der Waals surface area contributed by atoms with E-state index in [0.29, 0.717) is 23.8 Å². The SMILES string of the molecule is CCCCC(C)NN(NCC(C)CCC)C(C)(NCCC)C(C)C(C)CC. The van der Waals surface area contributed by atoms with Crippen LogP contribution in [0.3, 0.4) is 0 Å². The lowest BCUT2D eigenvalue weighted by Crippen LogP contribution is -2.71. The first-order chi connectivity index (χ1) is 12.8. The predicted molar refractivity (Wildman–Crippen MR) is 121 cm³/mol. The zero-order chi connectivity index (χ0) is 20.9. The van der Waals surface area contributed by atoms with E-state index in [2.05, 4.69) is 83.6 Å². The summed E-state index contributed by atoms with van der Waals surface area (Å²) in [6.07, 6.45) is 8.60. The minimum absolute atomic E-state index is 0.127. The molecular weight excluding hydrogens is 332 g/mol. The molecule has 0 aliphatic carbocycles. The molecule has 0 heterocycles. The van der Waals surface area contributed by atoms with Crippen LogP contribution in [0.2, 0.25) is 0 Å². The molecule has 0 saturated heterocycles. The number of unbranched alkanes of at least 4 members (excludes halogenated alkanes) is 1. The van der Waals surface area contributed by atoms with Crippen LogP contribution in [-0.4, -0.2) is 29.9 Å². The zero-order valence-electron chi connectivity index (χ0n) is 20.1. The number of hydrogen-bond donors (Lipinski definition) is 3. The summed E-state index contributed by atoms with van der Waals surface area (Å²) in [5, 5.41) is 6.22. The fourth-order valence-corrected chi connectivity index (χ4v) is 3.71. The average molecular weight is 385 g/mol. The van der Waals surface area contributed by atoms with Gasteiger partial charge in [-0.15, -0.1) is 0 Å². The van der Waals surface area contributed by atoms with Crippen molar-refractivity contribution < 1.29 is 0 Å². The van der Waals surface area contributed by atoms with Crippen molar-refractivity contribution in [2.45, 2.75) is 119 Å². The maximum Gasteiger partial charge on any atom is 0.100 e. The Bertz CT molecular complexity index is 349. The smallest absolute Gasteiger partial charge is 0.100 e. The van der Waals surface area contributed by atoms with Crippen molar-refractivity contribution in [3.8, 4) is 0 Å². The van der Waals surface area contributed by atoms with Gasteiger partial charge in [0, 0.05) is 12.6 Å². The van der Waals surface area contributed by atoms with Crippen LogP contribution in [0.15, 0.2) is 0 Å². The molecule has 0 spiro atoms. The average Bonchev–Trinajstić information content (AvgIpc) is 2.66. The Labute approximate surface area is 171 Å². The fraction of sp³-hybridized carbons (Fsp3) is 1.00. The molecule has 0 aromatic heterocycles. The minimum Gasteiger partial charge on any atom is -0.297 e. The molecule has 0 rings (SSSR count).